The second-order valence-corrected chi connectivity index (χ2v) is 3.42. The van der Waals surface area contributed by atoms with E-state index in [4.69, 9.17) is 0 Å². The predicted octanol–water partition coefficient (Wildman–Crippen LogP) is 2.66. The topological polar surface area (TPSA) is 12.0 Å². The summed E-state index contributed by atoms with van der Waals surface area (Å²) >= 11 is 1.68. The van der Waals surface area contributed by atoms with E-state index in [0.717, 1.165) is 0 Å². The Morgan fingerprint density at radius 3 is 3.00 bits per heavy atom. The number of fused-ring (bicyclic) bond motifs is 1. The van der Waals surface area contributed by atoms with E-state index in [-0.39, 0.29) is 0 Å². The van der Waals surface area contributed by atoms with Crippen molar-refractivity contribution >= 4 is 18.0 Å². The fraction of sp³-hybridized carbons (Fsp3) is 0.111. The lowest BCUT2D eigenvalue weighted by atomic mass is 10.2. The average Bonchev–Trinajstić information content (AvgIpc) is 2.04. The SMILES string of the molecule is CC1=Cc2ccccc2SN1. The highest BCUT2D eigenvalue weighted by molar-refractivity contribution is 7.97. The maximum atomic E-state index is 3.22. The average molecular weight is 163 g/mol. The largest absolute Gasteiger partial charge is 0.330 e. The van der Waals surface area contributed by atoms with Crippen molar-refractivity contribution in [3.8, 4) is 0 Å². The van der Waals surface area contributed by atoms with Gasteiger partial charge in [-0.05, 0) is 36.6 Å². The van der Waals surface area contributed by atoms with Gasteiger partial charge in [0.2, 0.25) is 0 Å². The van der Waals surface area contributed by atoms with Gasteiger partial charge >= 0.3 is 0 Å². The Kier molecular flexibility index (Phi) is 1.62. The second-order valence-electron chi connectivity index (χ2n) is 2.57. The normalized spacial score (nSPS) is 14.8. The van der Waals surface area contributed by atoms with Crippen molar-refractivity contribution in [2.75, 3.05) is 0 Å². The first-order chi connectivity index (χ1) is 5.36. The summed E-state index contributed by atoms with van der Waals surface area (Å²) in [5, 5.41) is 0. The summed E-state index contributed by atoms with van der Waals surface area (Å²) in [7, 11) is 0. The number of benzene rings is 1. The molecule has 1 nitrogen and oxygen atoms in total. The molecular weight excluding hydrogens is 154 g/mol. The summed E-state index contributed by atoms with van der Waals surface area (Å²) in [6.45, 7) is 2.07. The molecule has 0 aromatic heterocycles. The van der Waals surface area contributed by atoms with Crippen LogP contribution >= 0.6 is 11.9 Å². The minimum absolute atomic E-state index is 1.22. The second kappa shape index (κ2) is 2.62. The first-order valence-electron chi connectivity index (χ1n) is 3.56. The van der Waals surface area contributed by atoms with Crippen LogP contribution in [-0.4, -0.2) is 0 Å². The van der Waals surface area contributed by atoms with Crippen LogP contribution in [-0.2, 0) is 0 Å². The van der Waals surface area contributed by atoms with Crippen molar-refractivity contribution in [1.29, 1.82) is 0 Å². The molecule has 11 heavy (non-hydrogen) atoms. The first kappa shape index (κ1) is 6.80. The van der Waals surface area contributed by atoms with Gasteiger partial charge in [-0.2, -0.15) is 0 Å². The highest BCUT2D eigenvalue weighted by Crippen LogP contribution is 2.26. The van der Waals surface area contributed by atoms with Gasteiger partial charge in [-0.3, -0.25) is 0 Å². The molecule has 0 atom stereocenters. The molecule has 1 aromatic rings. The maximum Gasteiger partial charge on any atom is 0.0357 e. The van der Waals surface area contributed by atoms with Gasteiger partial charge < -0.3 is 4.72 Å². The van der Waals surface area contributed by atoms with Crippen LogP contribution in [0.25, 0.3) is 6.08 Å². The summed E-state index contributed by atoms with van der Waals surface area (Å²) in [6.07, 6.45) is 2.16. The van der Waals surface area contributed by atoms with Crippen molar-refractivity contribution in [3.63, 3.8) is 0 Å². The van der Waals surface area contributed by atoms with Crippen LogP contribution in [0.4, 0.5) is 0 Å². The van der Waals surface area contributed by atoms with Gasteiger partial charge in [0.25, 0.3) is 0 Å². The first-order valence-corrected chi connectivity index (χ1v) is 4.38. The molecule has 2 heteroatoms. The minimum atomic E-state index is 1.22. The van der Waals surface area contributed by atoms with Crippen LogP contribution in [0.2, 0.25) is 0 Å². The number of hydrogen-bond acceptors (Lipinski definition) is 2. The molecule has 0 amide bonds. The van der Waals surface area contributed by atoms with Crippen molar-refractivity contribution < 1.29 is 0 Å². The Labute approximate surface area is 70.6 Å². The molecule has 1 N–H and O–H groups in total. The third kappa shape index (κ3) is 1.26. The summed E-state index contributed by atoms with van der Waals surface area (Å²) in [4.78, 5) is 1.30. The molecule has 1 aliphatic heterocycles. The van der Waals surface area contributed by atoms with Crippen LogP contribution in [0.1, 0.15) is 12.5 Å². The van der Waals surface area contributed by atoms with E-state index < -0.39 is 0 Å². The Bertz CT molecular complexity index is 304. The quantitative estimate of drug-likeness (QED) is 0.590. The highest BCUT2D eigenvalue weighted by Gasteiger charge is 2.05. The lowest BCUT2D eigenvalue weighted by Crippen LogP contribution is -2.04. The van der Waals surface area contributed by atoms with Crippen molar-refractivity contribution in [2.24, 2.45) is 0 Å². The predicted molar refractivity (Wildman–Crippen MR) is 49.1 cm³/mol. The summed E-state index contributed by atoms with van der Waals surface area (Å²) < 4.78 is 3.22. The van der Waals surface area contributed by atoms with Gasteiger partial charge in [0.1, 0.15) is 0 Å². The maximum absolute atomic E-state index is 3.22. The standard InChI is InChI=1S/C9H9NS/c1-7-6-8-4-2-3-5-9(8)11-10-7/h2-6,10H,1H3. The van der Waals surface area contributed by atoms with Gasteiger partial charge in [-0.1, -0.05) is 18.2 Å². The minimum Gasteiger partial charge on any atom is -0.330 e. The Morgan fingerprint density at radius 2 is 2.09 bits per heavy atom. The molecule has 0 spiro atoms. The van der Waals surface area contributed by atoms with Crippen LogP contribution in [0.5, 0.6) is 0 Å². The molecule has 0 radical (unpaired) electrons. The van der Waals surface area contributed by atoms with E-state index in [9.17, 15) is 0 Å². The zero-order valence-electron chi connectivity index (χ0n) is 6.29. The molecule has 0 saturated carbocycles. The molecule has 0 saturated heterocycles. The summed E-state index contributed by atoms with van der Waals surface area (Å²) in [5.74, 6) is 0. The smallest absolute Gasteiger partial charge is 0.0357 e. The van der Waals surface area contributed by atoms with Crippen LogP contribution in [0, 0.1) is 0 Å². The molecule has 0 unspecified atom stereocenters. The Balaban J connectivity index is 2.51. The molecule has 0 aliphatic carbocycles. The zero-order valence-corrected chi connectivity index (χ0v) is 7.11. The van der Waals surface area contributed by atoms with Gasteiger partial charge in [-0.25, -0.2) is 0 Å². The summed E-state index contributed by atoms with van der Waals surface area (Å²) in [5.41, 5.74) is 2.53. The lowest BCUT2D eigenvalue weighted by molar-refractivity contribution is 1.18. The molecule has 1 aliphatic rings. The van der Waals surface area contributed by atoms with Gasteiger partial charge in [0.15, 0.2) is 0 Å². The molecule has 1 aromatic carbocycles. The molecule has 2 rings (SSSR count). The zero-order chi connectivity index (χ0) is 7.68. The van der Waals surface area contributed by atoms with Crippen molar-refractivity contribution in [3.05, 3.63) is 35.5 Å². The summed E-state index contributed by atoms with van der Waals surface area (Å²) in [6, 6.07) is 8.37. The lowest BCUT2D eigenvalue weighted by Gasteiger charge is -2.13. The van der Waals surface area contributed by atoms with E-state index in [2.05, 4.69) is 42.0 Å². The monoisotopic (exact) mass is 163 g/mol. The van der Waals surface area contributed by atoms with E-state index in [0.29, 0.717) is 0 Å². The molecule has 0 fully saturated rings. The van der Waals surface area contributed by atoms with Crippen LogP contribution < -0.4 is 4.72 Å². The van der Waals surface area contributed by atoms with Crippen molar-refractivity contribution in [2.45, 2.75) is 11.8 Å². The van der Waals surface area contributed by atoms with Crippen molar-refractivity contribution in [1.82, 2.24) is 4.72 Å². The third-order valence-corrected chi connectivity index (χ3v) is 2.63. The fourth-order valence-electron chi connectivity index (χ4n) is 1.09. The van der Waals surface area contributed by atoms with Gasteiger partial charge in [0.05, 0.1) is 0 Å². The van der Waals surface area contributed by atoms with E-state index in [1.165, 1.54) is 16.2 Å². The Hall–Kier alpha value is -0.890. The molecule has 56 valence electrons. The fourth-order valence-corrected chi connectivity index (χ4v) is 1.81. The van der Waals surface area contributed by atoms with Gasteiger partial charge in [0, 0.05) is 10.6 Å². The molecule has 1 heterocycles. The third-order valence-electron chi connectivity index (χ3n) is 1.61. The number of allylic oxidation sites excluding steroid dienone is 1. The Morgan fingerprint density at radius 1 is 1.27 bits per heavy atom. The number of rotatable bonds is 0. The number of hydrogen-bond donors (Lipinski definition) is 1. The van der Waals surface area contributed by atoms with E-state index in [1.54, 1.807) is 11.9 Å². The van der Waals surface area contributed by atoms with Crippen LogP contribution in [0.15, 0.2) is 34.9 Å². The van der Waals surface area contributed by atoms with Gasteiger partial charge in [-0.15, -0.1) is 0 Å². The van der Waals surface area contributed by atoms with E-state index in [1.807, 2.05) is 0 Å². The van der Waals surface area contributed by atoms with Crippen LogP contribution in [0.3, 0.4) is 0 Å². The molecule has 0 bridgehead atoms. The van der Waals surface area contributed by atoms with E-state index >= 15 is 0 Å². The number of nitrogens with one attached hydrogen (secondary N) is 1. The molecular formula is C9H9NS. The highest BCUT2D eigenvalue weighted by atomic mass is 32.2.